The zero-order valence-corrected chi connectivity index (χ0v) is 16.2. The fraction of sp³-hybridized carbons (Fsp3) is 0.263. The van der Waals surface area contributed by atoms with Gasteiger partial charge < -0.3 is 0 Å². The highest BCUT2D eigenvalue weighted by Crippen LogP contribution is 2.37. The van der Waals surface area contributed by atoms with Crippen LogP contribution in [0.2, 0.25) is 5.02 Å². The van der Waals surface area contributed by atoms with Gasteiger partial charge in [0.25, 0.3) is 5.69 Å². The van der Waals surface area contributed by atoms with Crippen LogP contribution in [0.5, 0.6) is 0 Å². The first-order valence-corrected chi connectivity index (χ1v) is 10.5. The van der Waals surface area contributed by atoms with Crippen LogP contribution in [0.25, 0.3) is 0 Å². The number of hydrogen-bond acceptors (Lipinski definition) is 4. The number of para-hydroxylation sites is 1. The second kappa shape index (κ2) is 7.80. The third-order valence-corrected chi connectivity index (χ3v) is 7.28. The number of sulfonamides is 1. The van der Waals surface area contributed by atoms with Gasteiger partial charge in [-0.3, -0.25) is 10.1 Å². The maximum atomic E-state index is 13.7. The van der Waals surface area contributed by atoms with Gasteiger partial charge in [0.1, 0.15) is 22.7 Å². The Morgan fingerprint density at radius 3 is 2.48 bits per heavy atom. The molecule has 0 radical (unpaired) electrons. The predicted octanol–water partition coefficient (Wildman–Crippen LogP) is 5.03. The van der Waals surface area contributed by atoms with Crippen LogP contribution in [0, 0.1) is 10.1 Å². The standard InChI is InChI=1S/C19H20ClN2O4S/c20-18-12-11-17(15-19(18)21(23)24)27(25,26)22(16-9-5-4-6-10-16)13-7-2-1-3-8-14-22/h4-7,9-13,15H,1-3,8,14H2/q+1. The second-order valence-electron chi connectivity index (χ2n) is 6.43. The molecule has 6 nitrogen and oxygen atoms in total. The van der Waals surface area contributed by atoms with Gasteiger partial charge in [-0.25, -0.2) is 0 Å². The lowest BCUT2D eigenvalue weighted by Gasteiger charge is -2.33. The third-order valence-electron chi connectivity index (χ3n) is 4.74. The number of hydrogen-bond donors (Lipinski definition) is 0. The molecular formula is C19H20ClN2O4S+. The molecule has 2 aromatic carbocycles. The van der Waals surface area contributed by atoms with Crippen molar-refractivity contribution in [3.63, 3.8) is 0 Å². The Kier molecular flexibility index (Phi) is 5.64. The summed E-state index contributed by atoms with van der Waals surface area (Å²) in [5.41, 5.74) is 0.188. The molecule has 27 heavy (non-hydrogen) atoms. The predicted molar refractivity (Wildman–Crippen MR) is 106 cm³/mol. The van der Waals surface area contributed by atoms with Crippen LogP contribution in [0.4, 0.5) is 11.4 Å². The topological polar surface area (TPSA) is 77.3 Å². The molecule has 1 unspecified atom stereocenters. The molecule has 3 rings (SSSR count). The third kappa shape index (κ3) is 3.63. The Hall–Kier alpha value is -2.22. The summed E-state index contributed by atoms with van der Waals surface area (Å²) in [5.74, 6) is 0. The molecule has 0 aliphatic carbocycles. The number of benzene rings is 2. The van der Waals surface area contributed by atoms with Crippen LogP contribution in [0.15, 0.2) is 65.7 Å². The minimum atomic E-state index is -4.00. The van der Waals surface area contributed by atoms with Crippen molar-refractivity contribution in [1.29, 1.82) is 0 Å². The molecule has 0 fully saturated rings. The summed E-state index contributed by atoms with van der Waals surface area (Å²) in [6, 6.07) is 12.6. The van der Waals surface area contributed by atoms with E-state index in [1.165, 1.54) is 12.1 Å². The zero-order chi connectivity index (χ0) is 19.5. The number of allylic oxidation sites excluding steroid dienone is 1. The Labute approximate surface area is 163 Å². The average molecular weight is 408 g/mol. The normalized spacial score (nSPS) is 20.6. The Morgan fingerprint density at radius 1 is 1.04 bits per heavy atom. The van der Waals surface area contributed by atoms with E-state index in [-0.39, 0.29) is 9.92 Å². The van der Waals surface area contributed by atoms with Crippen LogP contribution in [0.3, 0.4) is 0 Å². The van der Waals surface area contributed by atoms with E-state index in [1.54, 1.807) is 30.5 Å². The maximum Gasteiger partial charge on any atom is 0.336 e. The molecule has 1 heterocycles. The van der Waals surface area contributed by atoms with Gasteiger partial charge in [0.2, 0.25) is 0 Å². The Morgan fingerprint density at radius 2 is 1.78 bits per heavy atom. The summed E-state index contributed by atoms with van der Waals surface area (Å²) in [5, 5.41) is 11.1. The quantitative estimate of drug-likeness (QED) is 0.404. The first-order valence-electron chi connectivity index (χ1n) is 8.69. The van der Waals surface area contributed by atoms with Gasteiger partial charge in [-0.2, -0.15) is 12.3 Å². The summed E-state index contributed by atoms with van der Waals surface area (Å²) in [7, 11) is -4.00. The number of halogens is 1. The lowest BCUT2D eigenvalue weighted by Crippen LogP contribution is -2.50. The van der Waals surface area contributed by atoms with Crippen molar-refractivity contribution in [3.05, 3.63) is 75.9 Å². The molecule has 1 aliphatic heterocycles. The zero-order valence-electron chi connectivity index (χ0n) is 14.6. The molecule has 0 saturated carbocycles. The van der Waals surface area contributed by atoms with Crippen molar-refractivity contribution in [2.24, 2.45) is 0 Å². The minimum Gasteiger partial charge on any atom is -0.258 e. The Bertz CT molecular complexity index is 976. The number of rotatable bonds is 4. The van der Waals surface area contributed by atoms with Crippen LogP contribution >= 0.6 is 11.6 Å². The first-order chi connectivity index (χ1) is 12.9. The van der Waals surface area contributed by atoms with Gasteiger partial charge in [-0.15, -0.1) is 0 Å². The van der Waals surface area contributed by atoms with E-state index in [1.807, 2.05) is 12.1 Å². The lowest BCUT2D eigenvalue weighted by atomic mass is 10.1. The lowest BCUT2D eigenvalue weighted by molar-refractivity contribution is -0.384. The summed E-state index contributed by atoms with van der Waals surface area (Å²) in [4.78, 5) is 10.4. The highest BCUT2D eigenvalue weighted by molar-refractivity contribution is 7.91. The molecule has 0 N–H and O–H groups in total. The van der Waals surface area contributed by atoms with Crippen molar-refractivity contribution < 1.29 is 13.3 Å². The summed E-state index contributed by atoms with van der Waals surface area (Å²) in [6.45, 7) is 0.360. The van der Waals surface area contributed by atoms with E-state index in [0.29, 0.717) is 12.2 Å². The fourth-order valence-corrected chi connectivity index (χ4v) is 5.40. The Balaban J connectivity index is 2.24. The van der Waals surface area contributed by atoms with Crippen LogP contribution in [-0.4, -0.2) is 19.9 Å². The highest BCUT2D eigenvalue weighted by atomic mass is 35.5. The SMILES string of the molecule is O=[N+]([O-])c1cc(S(=O)(=O)[N+]2(c3ccccc3)C=CCCCCC2)ccc1Cl. The van der Waals surface area contributed by atoms with Gasteiger partial charge in [-0.1, -0.05) is 29.8 Å². The van der Waals surface area contributed by atoms with Crippen molar-refractivity contribution in [2.75, 3.05) is 6.54 Å². The molecule has 2 aromatic rings. The van der Waals surface area contributed by atoms with E-state index in [9.17, 15) is 18.5 Å². The van der Waals surface area contributed by atoms with Gasteiger partial charge in [0, 0.05) is 18.2 Å². The average Bonchev–Trinajstić information content (AvgIpc) is 2.62. The van der Waals surface area contributed by atoms with Crippen molar-refractivity contribution in [3.8, 4) is 0 Å². The van der Waals surface area contributed by atoms with Crippen molar-refractivity contribution in [2.45, 2.75) is 30.6 Å². The van der Waals surface area contributed by atoms with Crippen LogP contribution < -0.4 is 3.89 Å². The van der Waals surface area contributed by atoms with Crippen molar-refractivity contribution in [1.82, 2.24) is 3.89 Å². The fourth-order valence-electron chi connectivity index (χ4n) is 3.32. The molecule has 1 aliphatic rings. The number of nitrogens with zero attached hydrogens (tertiary/aromatic N) is 2. The molecule has 0 bridgehead atoms. The summed E-state index contributed by atoms with van der Waals surface area (Å²) in [6.07, 6.45) is 7.04. The maximum absolute atomic E-state index is 13.7. The summed E-state index contributed by atoms with van der Waals surface area (Å²) >= 11 is 5.87. The van der Waals surface area contributed by atoms with Crippen LogP contribution in [0.1, 0.15) is 25.7 Å². The number of nitro groups is 1. The van der Waals surface area contributed by atoms with Gasteiger partial charge in [0.15, 0.2) is 5.69 Å². The van der Waals surface area contributed by atoms with Gasteiger partial charge in [-0.05, 0) is 43.9 Å². The molecule has 1 atom stereocenters. The molecule has 0 amide bonds. The molecule has 0 spiro atoms. The molecular weight excluding hydrogens is 388 g/mol. The largest absolute Gasteiger partial charge is 0.336 e. The van der Waals surface area contributed by atoms with Gasteiger partial charge >= 0.3 is 10.0 Å². The first kappa shape index (κ1) is 19.5. The monoisotopic (exact) mass is 407 g/mol. The number of quaternary nitrogens is 1. The molecule has 8 heteroatoms. The van der Waals surface area contributed by atoms with E-state index >= 15 is 0 Å². The van der Waals surface area contributed by atoms with Crippen molar-refractivity contribution >= 4 is 33.0 Å². The molecule has 0 saturated heterocycles. The molecule has 0 aromatic heterocycles. The summed E-state index contributed by atoms with van der Waals surface area (Å²) < 4.78 is 27.0. The molecule has 142 valence electrons. The smallest absolute Gasteiger partial charge is 0.258 e. The van der Waals surface area contributed by atoms with Gasteiger partial charge in [0.05, 0.1) is 4.92 Å². The minimum absolute atomic E-state index is 0.0894. The van der Waals surface area contributed by atoms with E-state index < -0.39 is 24.5 Å². The van der Waals surface area contributed by atoms with E-state index in [2.05, 4.69) is 0 Å². The van der Waals surface area contributed by atoms with E-state index in [4.69, 9.17) is 11.6 Å². The van der Waals surface area contributed by atoms with E-state index in [0.717, 1.165) is 31.7 Å². The number of nitro benzene ring substituents is 1. The highest BCUT2D eigenvalue weighted by Gasteiger charge is 2.44. The second-order valence-corrected chi connectivity index (χ2v) is 8.91. The van der Waals surface area contributed by atoms with Crippen LogP contribution in [-0.2, 0) is 10.0 Å².